The maximum Gasteiger partial charge on any atom is 0.225 e. The Hall–Kier alpha value is -0.260. The van der Waals surface area contributed by atoms with Gasteiger partial charge >= 0.3 is 0 Å². The van der Waals surface area contributed by atoms with E-state index in [2.05, 4.69) is 4.90 Å². The van der Waals surface area contributed by atoms with E-state index < -0.39 is 0 Å². The highest BCUT2D eigenvalue weighted by Gasteiger charge is 2.45. The lowest BCUT2D eigenvalue weighted by Gasteiger charge is -2.27. The number of ether oxygens (including phenoxy) is 2. The topological polar surface area (TPSA) is 38.8 Å². The summed E-state index contributed by atoms with van der Waals surface area (Å²) in [6.45, 7) is 3.37. The Balaban J connectivity index is 1.55. The number of thioether (sulfide) groups is 1. The zero-order valence-electron chi connectivity index (χ0n) is 12.3. The Morgan fingerprint density at radius 3 is 2.90 bits per heavy atom. The minimum Gasteiger partial charge on any atom is -0.385 e. The normalized spacial score (nSPS) is 34.5. The first-order valence-corrected chi connectivity index (χ1v) is 8.92. The molecule has 5 heteroatoms. The van der Waals surface area contributed by atoms with E-state index in [0.29, 0.717) is 17.7 Å². The molecule has 3 aliphatic rings. The van der Waals surface area contributed by atoms with Gasteiger partial charge in [0.15, 0.2) is 0 Å². The molecule has 20 heavy (non-hydrogen) atoms. The van der Waals surface area contributed by atoms with Crippen LogP contribution in [0.1, 0.15) is 19.3 Å². The van der Waals surface area contributed by atoms with Crippen molar-refractivity contribution in [1.29, 1.82) is 0 Å². The smallest absolute Gasteiger partial charge is 0.225 e. The average Bonchev–Trinajstić information content (AvgIpc) is 3.06. The molecular weight excluding hydrogens is 274 g/mol. The largest absolute Gasteiger partial charge is 0.385 e. The van der Waals surface area contributed by atoms with Crippen molar-refractivity contribution in [2.24, 2.45) is 17.8 Å². The van der Waals surface area contributed by atoms with E-state index in [0.717, 1.165) is 57.1 Å². The van der Waals surface area contributed by atoms with Gasteiger partial charge in [0.25, 0.3) is 0 Å². The molecule has 0 saturated carbocycles. The molecule has 0 aromatic carbocycles. The van der Waals surface area contributed by atoms with Crippen LogP contribution in [0.4, 0.5) is 0 Å². The van der Waals surface area contributed by atoms with E-state index in [9.17, 15) is 4.79 Å². The van der Waals surface area contributed by atoms with Gasteiger partial charge in [0.05, 0.1) is 12.7 Å². The van der Waals surface area contributed by atoms with Crippen LogP contribution in [0.2, 0.25) is 0 Å². The Bertz CT molecular complexity index is 346. The summed E-state index contributed by atoms with van der Waals surface area (Å²) in [6.07, 6.45) is 3.45. The fraction of sp³-hybridized carbons (Fsp3) is 0.933. The molecule has 0 aromatic rings. The second-order valence-corrected chi connectivity index (χ2v) is 7.43. The van der Waals surface area contributed by atoms with Crippen molar-refractivity contribution in [2.45, 2.75) is 25.4 Å². The van der Waals surface area contributed by atoms with E-state index in [-0.39, 0.29) is 12.0 Å². The molecular formula is C15H25NO3S. The molecule has 3 heterocycles. The van der Waals surface area contributed by atoms with Crippen molar-refractivity contribution < 1.29 is 14.3 Å². The Labute approximate surface area is 125 Å². The lowest BCUT2D eigenvalue weighted by atomic mass is 9.91. The van der Waals surface area contributed by atoms with Gasteiger partial charge in [-0.15, -0.1) is 0 Å². The molecule has 0 N–H and O–H groups in total. The fourth-order valence-corrected chi connectivity index (χ4v) is 4.85. The molecule has 0 aromatic heterocycles. The molecule has 0 radical (unpaired) electrons. The fourth-order valence-electron chi connectivity index (χ4n) is 3.75. The number of amides is 1. The minimum atomic E-state index is 0.271. The molecule has 3 rings (SSSR count). The standard InChI is InChI=1S/C15H25NO3S/c1-18-5-2-12-10-19-14-9-16(8-13(12)14)15(17)11-3-6-20-7-4-11/h11-14H,2-10H2,1H3/t12-,13-,14-/m1/s1. The Morgan fingerprint density at radius 2 is 2.15 bits per heavy atom. The van der Waals surface area contributed by atoms with Crippen molar-refractivity contribution in [1.82, 2.24) is 4.90 Å². The monoisotopic (exact) mass is 299 g/mol. The molecule has 3 atom stereocenters. The zero-order chi connectivity index (χ0) is 13.9. The average molecular weight is 299 g/mol. The van der Waals surface area contributed by atoms with Gasteiger partial charge in [-0.1, -0.05) is 0 Å². The first-order chi connectivity index (χ1) is 9.79. The van der Waals surface area contributed by atoms with E-state index in [1.165, 1.54) is 0 Å². The summed E-state index contributed by atoms with van der Waals surface area (Å²) in [5.41, 5.74) is 0. The Kier molecular flexibility index (Phi) is 4.89. The number of rotatable bonds is 4. The zero-order valence-corrected chi connectivity index (χ0v) is 13.1. The van der Waals surface area contributed by atoms with Crippen LogP contribution in [0.25, 0.3) is 0 Å². The van der Waals surface area contributed by atoms with Gasteiger partial charge < -0.3 is 14.4 Å². The van der Waals surface area contributed by atoms with Crippen LogP contribution in [0.5, 0.6) is 0 Å². The van der Waals surface area contributed by atoms with Crippen LogP contribution >= 0.6 is 11.8 Å². The summed E-state index contributed by atoms with van der Waals surface area (Å²) >= 11 is 1.98. The molecule has 0 aliphatic carbocycles. The SMILES string of the molecule is COCC[C@@H]1CO[C@@H]2CN(C(=O)C3CCSCC3)C[C@H]12. The summed E-state index contributed by atoms with van der Waals surface area (Å²) < 4.78 is 11.1. The van der Waals surface area contributed by atoms with Crippen molar-refractivity contribution in [3.05, 3.63) is 0 Å². The lowest BCUT2D eigenvalue weighted by molar-refractivity contribution is -0.135. The van der Waals surface area contributed by atoms with Gasteiger partial charge in [-0.25, -0.2) is 0 Å². The summed E-state index contributed by atoms with van der Waals surface area (Å²) in [4.78, 5) is 14.7. The summed E-state index contributed by atoms with van der Waals surface area (Å²) in [7, 11) is 1.75. The molecule has 0 unspecified atom stereocenters. The Morgan fingerprint density at radius 1 is 1.35 bits per heavy atom. The van der Waals surface area contributed by atoms with Crippen molar-refractivity contribution in [2.75, 3.05) is 44.9 Å². The highest BCUT2D eigenvalue weighted by molar-refractivity contribution is 7.99. The number of hydrogen-bond acceptors (Lipinski definition) is 4. The third-order valence-corrected chi connectivity index (χ3v) is 6.06. The molecule has 0 bridgehead atoms. The predicted octanol–water partition coefficient (Wildman–Crippen LogP) is 1.64. The van der Waals surface area contributed by atoms with Crippen LogP contribution in [-0.2, 0) is 14.3 Å². The summed E-state index contributed by atoms with van der Waals surface area (Å²) in [5, 5.41) is 0. The first-order valence-electron chi connectivity index (χ1n) is 7.76. The number of nitrogens with zero attached hydrogens (tertiary/aromatic N) is 1. The molecule has 1 amide bonds. The highest BCUT2D eigenvalue weighted by Crippen LogP contribution is 2.37. The highest BCUT2D eigenvalue weighted by atomic mass is 32.2. The minimum absolute atomic E-state index is 0.271. The maximum atomic E-state index is 12.6. The van der Waals surface area contributed by atoms with Gasteiger partial charge in [0, 0.05) is 38.6 Å². The van der Waals surface area contributed by atoms with Crippen LogP contribution in [0.15, 0.2) is 0 Å². The van der Waals surface area contributed by atoms with Crippen LogP contribution in [0.3, 0.4) is 0 Å². The van der Waals surface area contributed by atoms with Crippen molar-refractivity contribution >= 4 is 17.7 Å². The molecule has 114 valence electrons. The number of likely N-dealkylation sites (tertiary alicyclic amines) is 1. The molecule has 3 fully saturated rings. The second-order valence-electron chi connectivity index (χ2n) is 6.21. The van der Waals surface area contributed by atoms with Gasteiger partial charge in [-0.05, 0) is 36.7 Å². The van der Waals surface area contributed by atoms with Crippen LogP contribution in [-0.4, -0.2) is 61.8 Å². The van der Waals surface area contributed by atoms with Gasteiger partial charge in [0.1, 0.15) is 0 Å². The van der Waals surface area contributed by atoms with Gasteiger partial charge in [-0.3, -0.25) is 4.79 Å². The van der Waals surface area contributed by atoms with E-state index in [1.54, 1.807) is 7.11 Å². The van der Waals surface area contributed by atoms with Gasteiger partial charge in [0.2, 0.25) is 5.91 Å². The maximum absolute atomic E-state index is 12.6. The van der Waals surface area contributed by atoms with Crippen LogP contribution in [0, 0.1) is 17.8 Å². The lowest BCUT2D eigenvalue weighted by Crippen LogP contribution is -2.37. The van der Waals surface area contributed by atoms with Gasteiger partial charge in [-0.2, -0.15) is 11.8 Å². The molecule has 3 aliphatic heterocycles. The quantitative estimate of drug-likeness (QED) is 0.791. The number of methoxy groups -OCH3 is 1. The number of hydrogen-bond donors (Lipinski definition) is 0. The molecule has 4 nitrogen and oxygen atoms in total. The predicted molar refractivity (Wildman–Crippen MR) is 79.8 cm³/mol. The number of fused-ring (bicyclic) bond motifs is 1. The third-order valence-electron chi connectivity index (χ3n) is 5.01. The van der Waals surface area contributed by atoms with Crippen LogP contribution < -0.4 is 0 Å². The summed E-state index contributed by atoms with van der Waals surface area (Å²) in [5.74, 6) is 4.04. The molecule has 0 spiro atoms. The van der Waals surface area contributed by atoms with E-state index >= 15 is 0 Å². The second kappa shape index (κ2) is 6.67. The van der Waals surface area contributed by atoms with Crippen molar-refractivity contribution in [3.8, 4) is 0 Å². The molecule has 3 saturated heterocycles. The van der Waals surface area contributed by atoms with Crippen molar-refractivity contribution in [3.63, 3.8) is 0 Å². The third kappa shape index (κ3) is 3.00. The number of carbonyl (C=O) groups excluding carboxylic acids is 1. The van der Waals surface area contributed by atoms with E-state index in [4.69, 9.17) is 9.47 Å². The van der Waals surface area contributed by atoms with E-state index in [1.807, 2.05) is 11.8 Å². The number of carbonyl (C=O) groups is 1. The first kappa shape index (κ1) is 14.7. The summed E-state index contributed by atoms with van der Waals surface area (Å²) in [6, 6.07) is 0.